The lowest BCUT2D eigenvalue weighted by atomic mass is 9.99. The fraction of sp³-hybridized carbons (Fsp3) is 0.158. The third-order valence-corrected chi connectivity index (χ3v) is 3.57. The molecule has 0 aliphatic rings. The van der Waals surface area contributed by atoms with Crippen molar-refractivity contribution in [3.05, 3.63) is 65.3 Å². The number of para-hydroxylation sites is 1. The third kappa shape index (κ3) is 3.18. The lowest BCUT2D eigenvalue weighted by Gasteiger charge is -2.10. The van der Waals surface area contributed by atoms with Crippen LogP contribution in [0, 0.1) is 0 Å². The van der Waals surface area contributed by atoms with Crippen LogP contribution in [-0.4, -0.2) is 10.8 Å². The van der Waals surface area contributed by atoms with E-state index in [1.807, 2.05) is 68.4 Å². The molecule has 0 atom stereocenters. The van der Waals surface area contributed by atoms with Crippen molar-refractivity contribution in [1.82, 2.24) is 4.98 Å². The second kappa shape index (κ2) is 7.19. The largest absolute Gasteiger partial charge is 0.293 e. The molecule has 2 aromatic carbocycles. The number of fused-ring (bicyclic) bond motifs is 1. The van der Waals surface area contributed by atoms with Gasteiger partial charge < -0.3 is 0 Å². The molecule has 3 heteroatoms. The first kappa shape index (κ1) is 16.2. The minimum Gasteiger partial charge on any atom is -0.293 e. The quantitative estimate of drug-likeness (QED) is 0.561. The highest BCUT2D eigenvalue weighted by Gasteiger charge is 2.12. The van der Waals surface area contributed by atoms with Gasteiger partial charge in [0.2, 0.25) is 0 Å². The number of carbonyl (C=O) groups excluding carboxylic acids is 1. The van der Waals surface area contributed by atoms with Crippen molar-refractivity contribution in [1.29, 1.82) is 0 Å². The Morgan fingerprint density at radius 1 is 0.955 bits per heavy atom. The molecule has 0 saturated carbocycles. The van der Waals surface area contributed by atoms with Gasteiger partial charge in [-0.15, -0.1) is 0 Å². The number of pyridine rings is 1. The topological polar surface area (TPSA) is 30.0 Å². The number of halogens is 1. The number of ketones is 1. The van der Waals surface area contributed by atoms with Crippen LogP contribution in [0.5, 0.6) is 0 Å². The van der Waals surface area contributed by atoms with Crippen molar-refractivity contribution in [2.75, 3.05) is 0 Å². The van der Waals surface area contributed by atoms with E-state index < -0.39 is 0 Å². The molecule has 1 heterocycles. The van der Waals surface area contributed by atoms with Gasteiger partial charge in [0.05, 0.1) is 5.52 Å². The predicted octanol–water partition coefficient (Wildman–Crippen LogP) is 5.78. The Hall–Kier alpha value is -2.19. The van der Waals surface area contributed by atoms with Crippen LogP contribution in [0.15, 0.2) is 54.6 Å². The summed E-state index contributed by atoms with van der Waals surface area (Å²) in [5.74, 6) is -0.0518. The van der Waals surface area contributed by atoms with E-state index >= 15 is 0 Å². The number of hydrogen-bond donors (Lipinski definition) is 0. The van der Waals surface area contributed by atoms with Gasteiger partial charge >= 0.3 is 0 Å². The fourth-order valence-electron chi connectivity index (χ4n) is 2.26. The van der Waals surface area contributed by atoms with Crippen LogP contribution >= 0.6 is 11.6 Å². The van der Waals surface area contributed by atoms with Crippen LogP contribution in [0.25, 0.3) is 22.0 Å². The number of carbonyl (C=O) groups is 1. The monoisotopic (exact) mass is 311 g/mol. The Morgan fingerprint density at radius 2 is 1.59 bits per heavy atom. The van der Waals surface area contributed by atoms with Crippen molar-refractivity contribution in [3.63, 3.8) is 0 Å². The van der Waals surface area contributed by atoms with Gasteiger partial charge in [-0.3, -0.25) is 4.79 Å². The van der Waals surface area contributed by atoms with Crippen LogP contribution in [0.3, 0.4) is 0 Å². The molecule has 0 spiro atoms. The number of Topliss-reactive ketones (excluding diaryl/α,β-unsaturated/α-hetero) is 1. The smallest absolute Gasteiger partial charge is 0.178 e. The van der Waals surface area contributed by atoms with Gasteiger partial charge in [-0.2, -0.15) is 0 Å². The minimum absolute atomic E-state index is 0.0518. The van der Waals surface area contributed by atoms with Gasteiger partial charge in [-0.25, -0.2) is 4.98 Å². The van der Waals surface area contributed by atoms with E-state index in [1.54, 1.807) is 0 Å². The Morgan fingerprint density at radius 3 is 2.27 bits per heavy atom. The molecule has 0 bridgehead atoms. The van der Waals surface area contributed by atoms with Gasteiger partial charge in [-0.05, 0) is 23.8 Å². The van der Waals surface area contributed by atoms with E-state index in [9.17, 15) is 4.79 Å². The summed E-state index contributed by atoms with van der Waals surface area (Å²) in [6.07, 6.45) is 0. The molecule has 2 nitrogen and oxygen atoms in total. The lowest BCUT2D eigenvalue weighted by molar-refractivity contribution is 0.101. The Bertz CT molecular complexity index is 811. The Balaban J connectivity index is 0.000000847. The zero-order chi connectivity index (χ0) is 16.1. The van der Waals surface area contributed by atoms with Crippen molar-refractivity contribution in [2.24, 2.45) is 0 Å². The van der Waals surface area contributed by atoms with E-state index in [0.717, 1.165) is 22.0 Å². The number of aromatic nitrogens is 1. The molecule has 0 unspecified atom stereocenters. The van der Waals surface area contributed by atoms with Gasteiger partial charge in [-0.1, -0.05) is 61.8 Å². The molecular weight excluding hydrogens is 294 g/mol. The van der Waals surface area contributed by atoms with Crippen molar-refractivity contribution in [3.8, 4) is 11.1 Å². The zero-order valence-corrected chi connectivity index (χ0v) is 13.7. The second-order valence-corrected chi connectivity index (χ2v) is 5.02. The molecule has 0 aliphatic heterocycles. The van der Waals surface area contributed by atoms with Crippen LogP contribution in [0.1, 0.15) is 31.3 Å². The summed E-state index contributed by atoms with van der Waals surface area (Å²) < 4.78 is 0. The Labute approximate surface area is 135 Å². The molecule has 3 aromatic rings. The van der Waals surface area contributed by atoms with Gasteiger partial charge in [0.25, 0.3) is 0 Å². The van der Waals surface area contributed by atoms with Crippen molar-refractivity contribution < 1.29 is 4.79 Å². The first-order chi connectivity index (χ1) is 10.7. The third-order valence-electron chi connectivity index (χ3n) is 3.24. The highest BCUT2D eigenvalue weighted by molar-refractivity contribution is 6.33. The standard InChI is InChI=1S/C17H12ClNO.C2H6/c1-11(20)17-10-14(12-6-2-4-8-15(12)18)13-7-3-5-9-16(13)19-17;1-2/h2-10H,1H3;1-2H3. The maximum absolute atomic E-state index is 11.7. The highest BCUT2D eigenvalue weighted by Crippen LogP contribution is 2.33. The number of rotatable bonds is 2. The van der Waals surface area contributed by atoms with Crippen molar-refractivity contribution in [2.45, 2.75) is 20.8 Å². The maximum atomic E-state index is 11.7. The first-order valence-corrected chi connectivity index (χ1v) is 7.70. The fourth-order valence-corrected chi connectivity index (χ4v) is 2.50. The molecule has 0 amide bonds. The van der Waals surface area contributed by atoms with Gasteiger partial charge in [0, 0.05) is 22.9 Å². The molecule has 0 aliphatic carbocycles. The van der Waals surface area contributed by atoms with Crippen molar-refractivity contribution >= 4 is 28.3 Å². The molecule has 0 saturated heterocycles. The number of benzene rings is 2. The van der Waals surface area contributed by atoms with E-state index in [2.05, 4.69) is 4.98 Å². The number of nitrogens with zero attached hydrogens (tertiary/aromatic N) is 1. The summed E-state index contributed by atoms with van der Waals surface area (Å²) in [5.41, 5.74) is 3.11. The summed E-state index contributed by atoms with van der Waals surface area (Å²) in [4.78, 5) is 16.1. The summed E-state index contributed by atoms with van der Waals surface area (Å²) in [7, 11) is 0. The van der Waals surface area contributed by atoms with Crippen LogP contribution < -0.4 is 0 Å². The van der Waals surface area contributed by atoms with E-state index in [0.29, 0.717) is 10.7 Å². The van der Waals surface area contributed by atoms with Gasteiger partial charge in [0.15, 0.2) is 5.78 Å². The minimum atomic E-state index is -0.0518. The van der Waals surface area contributed by atoms with Crippen LogP contribution in [0.4, 0.5) is 0 Å². The lowest BCUT2D eigenvalue weighted by Crippen LogP contribution is -1.98. The average molecular weight is 312 g/mol. The predicted molar refractivity (Wildman–Crippen MR) is 93.5 cm³/mol. The SMILES string of the molecule is CC.CC(=O)c1cc(-c2ccccc2Cl)c2ccccc2n1. The maximum Gasteiger partial charge on any atom is 0.178 e. The van der Waals surface area contributed by atoms with E-state index in [4.69, 9.17) is 11.6 Å². The molecule has 22 heavy (non-hydrogen) atoms. The average Bonchev–Trinajstić information content (AvgIpc) is 2.56. The molecule has 0 fully saturated rings. The van der Waals surface area contributed by atoms with E-state index in [1.165, 1.54) is 6.92 Å². The summed E-state index contributed by atoms with van der Waals surface area (Å²) >= 11 is 6.29. The van der Waals surface area contributed by atoms with Crippen LogP contribution in [0.2, 0.25) is 5.02 Å². The van der Waals surface area contributed by atoms with E-state index in [-0.39, 0.29) is 5.78 Å². The summed E-state index contributed by atoms with van der Waals surface area (Å²) in [6, 6.07) is 17.2. The van der Waals surface area contributed by atoms with Crippen LogP contribution in [-0.2, 0) is 0 Å². The molecule has 1 aromatic heterocycles. The molecular formula is C19H18ClNO. The molecule has 0 N–H and O–H groups in total. The molecule has 3 rings (SSSR count). The summed E-state index contributed by atoms with van der Waals surface area (Å²) in [6.45, 7) is 5.52. The summed E-state index contributed by atoms with van der Waals surface area (Å²) in [5, 5.41) is 1.66. The first-order valence-electron chi connectivity index (χ1n) is 7.32. The van der Waals surface area contributed by atoms with Gasteiger partial charge in [0.1, 0.15) is 5.69 Å². The highest BCUT2D eigenvalue weighted by atomic mass is 35.5. The molecule has 112 valence electrons. The Kier molecular flexibility index (Phi) is 5.29. The number of hydrogen-bond acceptors (Lipinski definition) is 2. The zero-order valence-electron chi connectivity index (χ0n) is 12.9. The normalized spacial score (nSPS) is 10.0. The molecule has 0 radical (unpaired) electrons. The second-order valence-electron chi connectivity index (χ2n) is 4.61.